The van der Waals surface area contributed by atoms with Gasteiger partial charge in [-0.25, -0.2) is 0 Å². The molecule has 1 aromatic carbocycles. The number of benzene rings is 1. The Balaban J connectivity index is 1.99. The Labute approximate surface area is 134 Å². The molecule has 1 N–H and O–H groups in total. The highest BCUT2D eigenvalue weighted by atomic mass is 32.2. The standard InChI is InChI=1S/C16H14N2O4S/c1-22-16(19)13(8-23(20)21)10-5-12-11-4-9(7-17)2-3-14(11)18-15(12)6-10/h2-4,8,10,13,18H,5-6H2,1H3. The number of esters is 1. The summed E-state index contributed by atoms with van der Waals surface area (Å²) in [6.07, 6.45) is 1.14. The molecule has 0 saturated heterocycles. The maximum atomic E-state index is 11.9. The Morgan fingerprint density at radius 3 is 2.91 bits per heavy atom. The highest BCUT2D eigenvalue weighted by Crippen LogP contribution is 2.36. The number of carbonyl (C=O) groups is 1. The van der Waals surface area contributed by atoms with Crippen LogP contribution >= 0.6 is 0 Å². The summed E-state index contributed by atoms with van der Waals surface area (Å²) >= 11 is 0. The zero-order chi connectivity index (χ0) is 16.6. The summed E-state index contributed by atoms with van der Waals surface area (Å²) in [6.45, 7) is 0. The van der Waals surface area contributed by atoms with Gasteiger partial charge in [-0.3, -0.25) is 4.79 Å². The number of hydrogen-bond donors (Lipinski definition) is 1. The summed E-state index contributed by atoms with van der Waals surface area (Å²) in [5.41, 5.74) is 3.54. The quantitative estimate of drug-likeness (QED) is 0.674. The minimum Gasteiger partial charge on any atom is -0.469 e. The Kier molecular flexibility index (Phi) is 3.92. The van der Waals surface area contributed by atoms with E-state index in [9.17, 15) is 13.2 Å². The van der Waals surface area contributed by atoms with Gasteiger partial charge < -0.3 is 9.72 Å². The van der Waals surface area contributed by atoms with E-state index >= 15 is 0 Å². The molecule has 1 aliphatic carbocycles. The highest BCUT2D eigenvalue weighted by Gasteiger charge is 2.35. The summed E-state index contributed by atoms with van der Waals surface area (Å²) in [5, 5.41) is 11.0. The predicted octanol–water partition coefficient (Wildman–Crippen LogP) is 1.22. The van der Waals surface area contributed by atoms with Crippen LogP contribution in [-0.4, -0.2) is 31.8 Å². The Hall–Kier alpha value is -2.59. The van der Waals surface area contributed by atoms with Crippen LogP contribution in [0.5, 0.6) is 0 Å². The Morgan fingerprint density at radius 2 is 2.26 bits per heavy atom. The van der Waals surface area contributed by atoms with Gasteiger partial charge in [0.25, 0.3) is 0 Å². The van der Waals surface area contributed by atoms with E-state index < -0.39 is 22.2 Å². The fourth-order valence-corrected chi connectivity index (χ4v) is 3.82. The van der Waals surface area contributed by atoms with Crippen molar-refractivity contribution in [1.29, 1.82) is 5.26 Å². The number of nitrogens with one attached hydrogen (secondary N) is 1. The molecule has 0 fully saturated rings. The van der Waals surface area contributed by atoms with Crippen LogP contribution in [0, 0.1) is 23.2 Å². The maximum absolute atomic E-state index is 11.9. The largest absolute Gasteiger partial charge is 0.469 e. The molecule has 0 saturated carbocycles. The summed E-state index contributed by atoms with van der Waals surface area (Å²) in [6, 6.07) is 7.53. The monoisotopic (exact) mass is 330 g/mol. The van der Waals surface area contributed by atoms with Crippen LogP contribution in [0.15, 0.2) is 18.2 Å². The average Bonchev–Trinajstić information content (AvgIpc) is 3.08. The van der Waals surface area contributed by atoms with Crippen LogP contribution in [0.4, 0.5) is 0 Å². The molecule has 2 atom stereocenters. The van der Waals surface area contributed by atoms with Crippen molar-refractivity contribution in [3.8, 4) is 6.07 Å². The Morgan fingerprint density at radius 1 is 1.48 bits per heavy atom. The topological polar surface area (TPSA) is 100 Å². The van der Waals surface area contributed by atoms with Crippen LogP contribution in [0.1, 0.15) is 16.8 Å². The van der Waals surface area contributed by atoms with E-state index in [1.165, 1.54) is 7.11 Å². The van der Waals surface area contributed by atoms with Gasteiger partial charge in [-0.05, 0) is 42.5 Å². The van der Waals surface area contributed by atoms with Crippen molar-refractivity contribution >= 4 is 32.5 Å². The number of aromatic amines is 1. The lowest BCUT2D eigenvalue weighted by Gasteiger charge is -2.16. The van der Waals surface area contributed by atoms with Crippen LogP contribution in [0.25, 0.3) is 10.9 Å². The number of ether oxygens (including phenoxy) is 1. The maximum Gasteiger partial charge on any atom is 0.313 e. The molecule has 1 aliphatic rings. The number of hydrogen-bond acceptors (Lipinski definition) is 5. The number of rotatable bonds is 3. The van der Waals surface area contributed by atoms with Gasteiger partial charge in [-0.1, -0.05) is 0 Å². The van der Waals surface area contributed by atoms with Crippen LogP contribution in [0.3, 0.4) is 0 Å². The normalized spacial score (nSPS) is 17.3. The second-order valence-electron chi connectivity index (χ2n) is 5.57. The number of fused-ring (bicyclic) bond motifs is 3. The molecule has 6 nitrogen and oxygen atoms in total. The molecule has 2 aromatic rings. The zero-order valence-corrected chi connectivity index (χ0v) is 13.2. The van der Waals surface area contributed by atoms with Crippen molar-refractivity contribution in [3.05, 3.63) is 35.0 Å². The summed E-state index contributed by atoms with van der Waals surface area (Å²) in [5.74, 6) is -1.52. The lowest BCUT2D eigenvalue weighted by Crippen LogP contribution is -2.27. The van der Waals surface area contributed by atoms with Gasteiger partial charge in [0, 0.05) is 16.6 Å². The number of nitrogens with zero attached hydrogens (tertiary/aromatic N) is 1. The molecule has 0 bridgehead atoms. The number of nitriles is 1. The van der Waals surface area contributed by atoms with Gasteiger partial charge in [0.2, 0.25) is 10.3 Å². The first-order valence-electron chi connectivity index (χ1n) is 7.08. The number of methoxy groups -OCH3 is 1. The molecule has 1 aromatic heterocycles. The van der Waals surface area contributed by atoms with E-state index in [1.54, 1.807) is 6.07 Å². The summed E-state index contributed by atoms with van der Waals surface area (Å²) in [7, 11) is -1.18. The molecule has 0 amide bonds. The number of carbonyl (C=O) groups excluding carboxylic acids is 1. The van der Waals surface area contributed by atoms with Gasteiger partial charge in [-0.15, -0.1) is 0 Å². The van der Waals surface area contributed by atoms with Crippen molar-refractivity contribution in [2.24, 2.45) is 11.8 Å². The molecule has 0 radical (unpaired) electrons. The van der Waals surface area contributed by atoms with Crippen molar-refractivity contribution in [2.45, 2.75) is 12.8 Å². The first-order valence-corrected chi connectivity index (χ1v) is 8.21. The number of aromatic nitrogens is 1. The smallest absolute Gasteiger partial charge is 0.313 e. The molecule has 3 rings (SSSR count). The minimum absolute atomic E-state index is 0.170. The fraction of sp³-hybridized carbons (Fsp3) is 0.312. The average molecular weight is 330 g/mol. The second-order valence-corrected chi connectivity index (χ2v) is 6.36. The van der Waals surface area contributed by atoms with Crippen LogP contribution < -0.4 is 0 Å². The first kappa shape index (κ1) is 15.3. The van der Waals surface area contributed by atoms with E-state index in [-0.39, 0.29) is 5.92 Å². The molecular weight excluding hydrogens is 316 g/mol. The van der Waals surface area contributed by atoms with E-state index in [0.29, 0.717) is 18.4 Å². The lowest BCUT2D eigenvalue weighted by molar-refractivity contribution is -0.144. The molecule has 2 unspecified atom stereocenters. The van der Waals surface area contributed by atoms with Gasteiger partial charge in [0.05, 0.1) is 30.0 Å². The predicted molar refractivity (Wildman–Crippen MR) is 84.4 cm³/mol. The van der Waals surface area contributed by atoms with Crippen LogP contribution in [0.2, 0.25) is 0 Å². The Bertz CT molecular complexity index is 958. The molecular formula is C16H14N2O4S. The third kappa shape index (κ3) is 2.73. The van der Waals surface area contributed by atoms with E-state index in [0.717, 1.165) is 27.5 Å². The molecule has 1 heterocycles. The fourth-order valence-electron chi connectivity index (χ4n) is 3.25. The SMILES string of the molecule is COC(=O)C(C=S(=O)=O)C1Cc2[nH]c3ccc(C#N)cc3c2C1. The third-order valence-corrected chi connectivity index (χ3v) is 4.81. The summed E-state index contributed by atoms with van der Waals surface area (Å²) in [4.78, 5) is 15.2. The van der Waals surface area contributed by atoms with Gasteiger partial charge >= 0.3 is 5.97 Å². The van der Waals surface area contributed by atoms with E-state index in [1.807, 2.05) is 12.1 Å². The van der Waals surface area contributed by atoms with Gasteiger partial charge in [0.1, 0.15) is 0 Å². The first-order chi connectivity index (χ1) is 11.0. The summed E-state index contributed by atoms with van der Waals surface area (Å²) < 4.78 is 26.7. The zero-order valence-electron chi connectivity index (χ0n) is 12.4. The molecule has 7 heteroatoms. The van der Waals surface area contributed by atoms with E-state index in [2.05, 4.69) is 11.1 Å². The molecule has 0 aliphatic heterocycles. The van der Waals surface area contributed by atoms with Crippen molar-refractivity contribution < 1.29 is 17.9 Å². The van der Waals surface area contributed by atoms with Crippen molar-refractivity contribution in [2.75, 3.05) is 7.11 Å². The van der Waals surface area contributed by atoms with Crippen molar-refractivity contribution in [1.82, 2.24) is 4.98 Å². The van der Waals surface area contributed by atoms with Gasteiger partial charge in [-0.2, -0.15) is 13.7 Å². The van der Waals surface area contributed by atoms with Gasteiger partial charge in [0.15, 0.2) is 0 Å². The lowest BCUT2D eigenvalue weighted by atomic mass is 9.91. The number of H-pyrrole nitrogens is 1. The second kappa shape index (κ2) is 5.89. The third-order valence-electron chi connectivity index (χ3n) is 4.30. The minimum atomic E-state index is -2.43. The molecule has 23 heavy (non-hydrogen) atoms. The van der Waals surface area contributed by atoms with Crippen LogP contribution in [-0.2, 0) is 32.7 Å². The van der Waals surface area contributed by atoms with E-state index in [4.69, 9.17) is 10.00 Å². The van der Waals surface area contributed by atoms with Crippen molar-refractivity contribution in [3.63, 3.8) is 0 Å². The molecule has 0 spiro atoms. The highest BCUT2D eigenvalue weighted by molar-refractivity contribution is 7.71. The molecule has 118 valence electrons.